The van der Waals surface area contributed by atoms with E-state index in [0.29, 0.717) is 18.2 Å². The van der Waals surface area contributed by atoms with Crippen molar-refractivity contribution in [1.82, 2.24) is 15.5 Å². The zero-order valence-electron chi connectivity index (χ0n) is 15.2. The van der Waals surface area contributed by atoms with E-state index in [9.17, 15) is 0 Å². The lowest BCUT2D eigenvalue weighted by molar-refractivity contribution is -0.00684. The van der Waals surface area contributed by atoms with Crippen LogP contribution in [0, 0.1) is 0 Å². The second kappa shape index (κ2) is 9.00. The highest BCUT2D eigenvalue weighted by atomic mass is 127. The molecule has 0 aromatic rings. The Kier molecular flexibility index (Phi) is 7.58. The molecule has 7 heteroatoms. The molecule has 0 amide bonds. The van der Waals surface area contributed by atoms with Crippen LogP contribution in [0.15, 0.2) is 4.99 Å². The van der Waals surface area contributed by atoms with Crippen LogP contribution in [0.5, 0.6) is 0 Å². The van der Waals surface area contributed by atoms with E-state index in [1.165, 1.54) is 12.8 Å². The fourth-order valence-corrected chi connectivity index (χ4v) is 3.83. The highest BCUT2D eigenvalue weighted by Gasteiger charge is 2.41. The Morgan fingerprint density at radius 2 is 2.00 bits per heavy atom. The third kappa shape index (κ3) is 4.95. The van der Waals surface area contributed by atoms with Gasteiger partial charge in [-0.25, -0.2) is 0 Å². The molecule has 3 aliphatic heterocycles. The summed E-state index contributed by atoms with van der Waals surface area (Å²) < 4.78 is 11.4. The minimum Gasteiger partial charge on any atom is -0.379 e. The number of ether oxygens (including phenoxy) is 2. The Hall–Kier alpha value is -0.120. The molecule has 3 atom stereocenters. The topological polar surface area (TPSA) is 58.1 Å². The summed E-state index contributed by atoms with van der Waals surface area (Å²) in [5.41, 5.74) is 0.0529. The quantitative estimate of drug-likeness (QED) is 0.377. The van der Waals surface area contributed by atoms with E-state index in [1.54, 1.807) is 0 Å². The van der Waals surface area contributed by atoms with Crippen LogP contribution in [-0.4, -0.2) is 74.0 Å². The summed E-state index contributed by atoms with van der Waals surface area (Å²) in [7, 11) is 0. The maximum Gasteiger partial charge on any atom is 0.191 e. The first kappa shape index (κ1) is 20.2. The van der Waals surface area contributed by atoms with Gasteiger partial charge in [0.25, 0.3) is 0 Å². The molecule has 24 heavy (non-hydrogen) atoms. The molecule has 3 fully saturated rings. The van der Waals surface area contributed by atoms with E-state index in [4.69, 9.17) is 14.5 Å². The molecule has 2 bridgehead atoms. The van der Waals surface area contributed by atoms with Crippen molar-refractivity contribution in [3.8, 4) is 0 Å². The molecule has 2 N–H and O–H groups in total. The van der Waals surface area contributed by atoms with E-state index >= 15 is 0 Å². The van der Waals surface area contributed by atoms with Gasteiger partial charge in [-0.1, -0.05) is 0 Å². The highest BCUT2D eigenvalue weighted by molar-refractivity contribution is 14.0. The average molecular weight is 452 g/mol. The number of nitrogens with zero attached hydrogens (tertiary/aromatic N) is 2. The van der Waals surface area contributed by atoms with Crippen molar-refractivity contribution < 1.29 is 9.47 Å². The van der Waals surface area contributed by atoms with Crippen molar-refractivity contribution in [2.75, 3.05) is 39.4 Å². The molecule has 0 saturated carbocycles. The standard InChI is InChI=1S/C17H32N4O2.HI/c1-4-18-16(20-14-11-13-5-6-15(14)23-13)19-12-17(2,3)21-7-9-22-10-8-21;/h13-15H,4-12H2,1-3H3,(H2,18,19,20);1H. The van der Waals surface area contributed by atoms with E-state index in [1.807, 2.05) is 0 Å². The first-order chi connectivity index (χ1) is 11.1. The lowest BCUT2D eigenvalue weighted by Gasteiger charge is -2.40. The normalized spacial score (nSPS) is 31.0. The van der Waals surface area contributed by atoms with Gasteiger partial charge in [0, 0.05) is 25.2 Å². The first-order valence-corrected chi connectivity index (χ1v) is 9.11. The number of fused-ring (bicyclic) bond motifs is 2. The molecule has 0 spiro atoms. The van der Waals surface area contributed by atoms with Crippen molar-refractivity contribution in [2.45, 2.75) is 63.8 Å². The zero-order valence-corrected chi connectivity index (χ0v) is 17.5. The maximum absolute atomic E-state index is 5.94. The Labute approximate surface area is 163 Å². The minimum absolute atomic E-state index is 0. The number of hydrogen-bond acceptors (Lipinski definition) is 4. The molecule has 0 aromatic carbocycles. The van der Waals surface area contributed by atoms with E-state index in [0.717, 1.165) is 51.8 Å². The van der Waals surface area contributed by atoms with Crippen LogP contribution in [0.3, 0.4) is 0 Å². The predicted octanol–water partition coefficient (Wildman–Crippen LogP) is 1.59. The highest BCUT2D eigenvalue weighted by Crippen LogP contribution is 2.34. The minimum atomic E-state index is 0. The summed E-state index contributed by atoms with van der Waals surface area (Å²) in [5, 5.41) is 6.98. The number of aliphatic imine (C=N–C) groups is 1. The van der Waals surface area contributed by atoms with Crippen molar-refractivity contribution in [1.29, 1.82) is 0 Å². The molecular formula is C17H33IN4O2. The van der Waals surface area contributed by atoms with Gasteiger partial charge in [-0.05, 0) is 40.0 Å². The second-order valence-corrected chi connectivity index (χ2v) is 7.47. The van der Waals surface area contributed by atoms with Gasteiger partial charge in [-0.2, -0.15) is 0 Å². The molecule has 0 aromatic heterocycles. The van der Waals surface area contributed by atoms with Gasteiger partial charge >= 0.3 is 0 Å². The Morgan fingerprint density at radius 3 is 2.58 bits per heavy atom. The molecule has 3 rings (SSSR count). The monoisotopic (exact) mass is 452 g/mol. The van der Waals surface area contributed by atoms with Gasteiger partial charge in [0.2, 0.25) is 0 Å². The number of halogens is 1. The van der Waals surface area contributed by atoms with Crippen LogP contribution in [-0.2, 0) is 9.47 Å². The summed E-state index contributed by atoms with van der Waals surface area (Å²) >= 11 is 0. The van der Waals surface area contributed by atoms with Crippen LogP contribution in [0.4, 0.5) is 0 Å². The van der Waals surface area contributed by atoms with Crippen LogP contribution < -0.4 is 10.6 Å². The predicted molar refractivity (Wildman–Crippen MR) is 107 cm³/mol. The van der Waals surface area contributed by atoms with Gasteiger partial charge in [0.15, 0.2) is 5.96 Å². The fraction of sp³-hybridized carbons (Fsp3) is 0.941. The fourth-order valence-electron chi connectivity index (χ4n) is 3.83. The number of rotatable bonds is 5. The SMILES string of the molecule is CCNC(=NCC(C)(C)N1CCOCC1)NC1CC2CCC1O2.I. The molecule has 0 radical (unpaired) electrons. The van der Waals surface area contributed by atoms with Gasteiger partial charge in [0.1, 0.15) is 0 Å². The summed E-state index contributed by atoms with van der Waals surface area (Å²) in [4.78, 5) is 7.34. The Morgan fingerprint density at radius 1 is 1.25 bits per heavy atom. The van der Waals surface area contributed by atoms with Gasteiger partial charge in [0.05, 0.1) is 38.0 Å². The molecule has 3 aliphatic rings. The molecule has 140 valence electrons. The smallest absolute Gasteiger partial charge is 0.191 e. The summed E-state index contributed by atoms with van der Waals surface area (Å²) in [6.07, 6.45) is 4.35. The Balaban J connectivity index is 0.00000208. The van der Waals surface area contributed by atoms with Crippen molar-refractivity contribution in [3.05, 3.63) is 0 Å². The van der Waals surface area contributed by atoms with Crippen LogP contribution in [0.2, 0.25) is 0 Å². The molecule has 3 unspecified atom stereocenters. The largest absolute Gasteiger partial charge is 0.379 e. The van der Waals surface area contributed by atoms with Gasteiger partial charge in [-0.3, -0.25) is 9.89 Å². The van der Waals surface area contributed by atoms with Crippen molar-refractivity contribution in [2.24, 2.45) is 4.99 Å². The van der Waals surface area contributed by atoms with E-state index in [-0.39, 0.29) is 29.5 Å². The first-order valence-electron chi connectivity index (χ1n) is 9.11. The van der Waals surface area contributed by atoms with Gasteiger partial charge < -0.3 is 20.1 Å². The number of guanidine groups is 1. The maximum atomic E-state index is 5.94. The lowest BCUT2D eigenvalue weighted by atomic mass is 9.96. The molecule has 6 nitrogen and oxygen atoms in total. The van der Waals surface area contributed by atoms with Gasteiger partial charge in [-0.15, -0.1) is 24.0 Å². The van der Waals surface area contributed by atoms with Crippen molar-refractivity contribution in [3.63, 3.8) is 0 Å². The number of morpholine rings is 1. The molecular weight excluding hydrogens is 419 g/mol. The Bertz CT molecular complexity index is 427. The number of nitrogens with one attached hydrogen (secondary N) is 2. The lowest BCUT2D eigenvalue weighted by Crippen LogP contribution is -2.53. The summed E-state index contributed by atoms with van der Waals surface area (Å²) in [6, 6.07) is 0.415. The third-order valence-electron chi connectivity index (χ3n) is 5.26. The second-order valence-electron chi connectivity index (χ2n) is 7.47. The average Bonchev–Trinajstić information content (AvgIpc) is 3.17. The van der Waals surface area contributed by atoms with Crippen LogP contribution in [0.25, 0.3) is 0 Å². The zero-order chi connectivity index (χ0) is 16.3. The molecule has 3 heterocycles. The molecule has 0 aliphatic carbocycles. The van der Waals surface area contributed by atoms with Crippen LogP contribution in [0.1, 0.15) is 40.0 Å². The van der Waals surface area contributed by atoms with E-state index in [2.05, 4.69) is 36.3 Å². The van der Waals surface area contributed by atoms with Crippen molar-refractivity contribution >= 4 is 29.9 Å². The summed E-state index contributed by atoms with van der Waals surface area (Å²) in [5.74, 6) is 0.926. The van der Waals surface area contributed by atoms with E-state index < -0.39 is 0 Å². The van der Waals surface area contributed by atoms with Crippen LogP contribution >= 0.6 is 24.0 Å². The molecule has 3 saturated heterocycles. The third-order valence-corrected chi connectivity index (χ3v) is 5.26. The number of hydrogen-bond donors (Lipinski definition) is 2. The summed E-state index contributed by atoms with van der Waals surface area (Å²) in [6.45, 7) is 12.0.